The van der Waals surface area contributed by atoms with E-state index in [9.17, 15) is 0 Å². The van der Waals surface area contributed by atoms with E-state index in [2.05, 4.69) is 46.2 Å². The lowest BCUT2D eigenvalue weighted by atomic mass is 10.0. The van der Waals surface area contributed by atoms with E-state index < -0.39 is 0 Å². The standard InChI is InChI=1S/C15H27N5/c1-11-12(2)18-19-14(17-11)20-9-7-6-8-13(20)10-16-15(3,4)5/h13,16H,6-10H2,1-5H3. The third-order valence-electron chi connectivity index (χ3n) is 3.83. The number of piperidine rings is 1. The molecule has 2 rings (SSSR count). The number of nitrogens with one attached hydrogen (secondary N) is 1. The first-order valence-electron chi connectivity index (χ1n) is 7.56. The molecule has 112 valence electrons. The van der Waals surface area contributed by atoms with Crippen molar-refractivity contribution < 1.29 is 0 Å². The van der Waals surface area contributed by atoms with Gasteiger partial charge in [0.1, 0.15) is 0 Å². The molecule has 1 aromatic rings. The lowest BCUT2D eigenvalue weighted by Gasteiger charge is -2.37. The Labute approximate surface area is 122 Å². The molecule has 1 unspecified atom stereocenters. The van der Waals surface area contributed by atoms with Crippen LogP contribution in [0.3, 0.4) is 0 Å². The summed E-state index contributed by atoms with van der Waals surface area (Å²) in [6.45, 7) is 12.6. The van der Waals surface area contributed by atoms with Crippen molar-refractivity contribution in [3.8, 4) is 0 Å². The number of hydrogen-bond donors (Lipinski definition) is 1. The van der Waals surface area contributed by atoms with Crippen LogP contribution in [-0.4, -0.2) is 39.9 Å². The summed E-state index contributed by atoms with van der Waals surface area (Å²) in [6, 6.07) is 0.465. The fourth-order valence-electron chi connectivity index (χ4n) is 2.47. The first kappa shape index (κ1) is 15.2. The molecule has 1 aromatic heterocycles. The fourth-order valence-corrected chi connectivity index (χ4v) is 2.47. The summed E-state index contributed by atoms with van der Waals surface area (Å²) in [5, 5.41) is 12.1. The maximum Gasteiger partial charge on any atom is 0.245 e. The average molecular weight is 277 g/mol. The van der Waals surface area contributed by atoms with E-state index >= 15 is 0 Å². The summed E-state index contributed by atoms with van der Waals surface area (Å²) >= 11 is 0. The van der Waals surface area contributed by atoms with Crippen LogP contribution in [0.2, 0.25) is 0 Å². The van der Waals surface area contributed by atoms with Gasteiger partial charge in [0.15, 0.2) is 0 Å². The molecule has 1 fully saturated rings. The first-order valence-corrected chi connectivity index (χ1v) is 7.56. The van der Waals surface area contributed by atoms with Crippen LogP contribution in [0.25, 0.3) is 0 Å². The van der Waals surface area contributed by atoms with E-state index in [1.54, 1.807) is 0 Å². The number of hydrogen-bond acceptors (Lipinski definition) is 5. The lowest BCUT2D eigenvalue weighted by molar-refractivity contribution is 0.363. The molecule has 0 radical (unpaired) electrons. The molecule has 1 aliphatic heterocycles. The van der Waals surface area contributed by atoms with Crippen LogP contribution in [-0.2, 0) is 0 Å². The predicted molar refractivity (Wildman–Crippen MR) is 82.0 cm³/mol. The van der Waals surface area contributed by atoms with Gasteiger partial charge in [0.05, 0.1) is 11.4 Å². The Bertz CT molecular complexity index is 452. The monoisotopic (exact) mass is 277 g/mol. The van der Waals surface area contributed by atoms with E-state index in [-0.39, 0.29) is 5.54 Å². The van der Waals surface area contributed by atoms with Crippen LogP contribution in [0, 0.1) is 13.8 Å². The first-order chi connectivity index (χ1) is 9.37. The molecule has 1 atom stereocenters. The summed E-state index contributed by atoms with van der Waals surface area (Å²) in [5.74, 6) is 0.786. The molecule has 1 N–H and O–H groups in total. The minimum absolute atomic E-state index is 0.144. The third-order valence-corrected chi connectivity index (χ3v) is 3.83. The maximum absolute atomic E-state index is 4.62. The molecular weight excluding hydrogens is 250 g/mol. The SMILES string of the molecule is Cc1nnc(N2CCCCC2CNC(C)(C)C)nc1C. The minimum Gasteiger partial charge on any atom is -0.335 e. The summed E-state index contributed by atoms with van der Waals surface area (Å²) in [4.78, 5) is 6.94. The lowest BCUT2D eigenvalue weighted by Crippen LogP contribution is -2.50. The van der Waals surface area contributed by atoms with Crippen molar-refractivity contribution in [1.82, 2.24) is 20.5 Å². The van der Waals surface area contributed by atoms with Gasteiger partial charge in [-0.05, 0) is 53.9 Å². The third kappa shape index (κ3) is 3.88. The van der Waals surface area contributed by atoms with Crippen molar-refractivity contribution >= 4 is 5.95 Å². The average Bonchev–Trinajstić information content (AvgIpc) is 2.39. The van der Waals surface area contributed by atoms with Gasteiger partial charge in [0.2, 0.25) is 5.95 Å². The molecule has 1 saturated heterocycles. The Morgan fingerprint density at radius 2 is 1.90 bits per heavy atom. The smallest absolute Gasteiger partial charge is 0.245 e. The van der Waals surface area contributed by atoms with Crippen LogP contribution in [0.4, 0.5) is 5.95 Å². The highest BCUT2D eigenvalue weighted by Crippen LogP contribution is 2.21. The fraction of sp³-hybridized carbons (Fsp3) is 0.800. The van der Waals surface area contributed by atoms with Gasteiger partial charge in [-0.2, -0.15) is 5.10 Å². The molecular formula is C15H27N5. The van der Waals surface area contributed by atoms with Gasteiger partial charge in [-0.25, -0.2) is 4.98 Å². The zero-order valence-corrected chi connectivity index (χ0v) is 13.4. The van der Waals surface area contributed by atoms with Gasteiger partial charge in [-0.1, -0.05) is 0 Å². The van der Waals surface area contributed by atoms with Gasteiger partial charge < -0.3 is 10.2 Å². The van der Waals surface area contributed by atoms with Crippen LogP contribution in [0.5, 0.6) is 0 Å². The minimum atomic E-state index is 0.144. The van der Waals surface area contributed by atoms with Crippen LogP contribution in [0.15, 0.2) is 0 Å². The molecule has 0 spiro atoms. The number of nitrogens with zero attached hydrogens (tertiary/aromatic N) is 4. The largest absolute Gasteiger partial charge is 0.335 e. The van der Waals surface area contributed by atoms with Gasteiger partial charge in [-0.3, -0.25) is 0 Å². The quantitative estimate of drug-likeness (QED) is 0.918. The topological polar surface area (TPSA) is 53.9 Å². The highest BCUT2D eigenvalue weighted by Gasteiger charge is 2.26. The number of aryl methyl sites for hydroxylation is 2. The van der Waals surface area contributed by atoms with Gasteiger partial charge in [0, 0.05) is 24.7 Å². The molecule has 2 heterocycles. The van der Waals surface area contributed by atoms with Crippen LogP contribution in [0.1, 0.15) is 51.4 Å². The zero-order valence-electron chi connectivity index (χ0n) is 13.4. The highest BCUT2D eigenvalue weighted by molar-refractivity contribution is 5.32. The number of anilines is 1. The van der Waals surface area contributed by atoms with Gasteiger partial charge in [-0.15, -0.1) is 5.10 Å². The number of rotatable bonds is 3. The molecule has 0 amide bonds. The molecule has 1 aliphatic rings. The van der Waals surface area contributed by atoms with Crippen LogP contribution < -0.4 is 10.2 Å². The van der Waals surface area contributed by atoms with Gasteiger partial charge >= 0.3 is 0 Å². The molecule has 0 bridgehead atoms. The van der Waals surface area contributed by atoms with Crippen molar-refractivity contribution in [2.45, 2.75) is 65.5 Å². The maximum atomic E-state index is 4.62. The Morgan fingerprint density at radius 1 is 1.15 bits per heavy atom. The highest BCUT2D eigenvalue weighted by atomic mass is 15.3. The van der Waals surface area contributed by atoms with Crippen molar-refractivity contribution in [3.63, 3.8) is 0 Å². The number of aromatic nitrogens is 3. The zero-order chi connectivity index (χ0) is 14.8. The van der Waals surface area contributed by atoms with Gasteiger partial charge in [0.25, 0.3) is 0 Å². The predicted octanol–water partition coefficient (Wildman–Crippen LogP) is 2.24. The molecule has 5 heteroatoms. The summed E-state index contributed by atoms with van der Waals surface area (Å²) < 4.78 is 0. The summed E-state index contributed by atoms with van der Waals surface area (Å²) in [7, 11) is 0. The van der Waals surface area contributed by atoms with E-state index in [0.717, 1.165) is 30.4 Å². The van der Waals surface area contributed by atoms with Crippen molar-refractivity contribution in [1.29, 1.82) is 0 Å². The molecule has 0 aliphatic carbocycles. The van der Waals surface area contributed by atoms with Crippen molar-refractivity contribution in [3.05, 3.63) is 11.4 Å². The second-order valence-corrected chi connectivity index (χ2v) is 6.76. The van der Waals surface area contributed by atoms with Crippen LogP contribution >= 0.6 is 0 Å². The van der Waals surface area contributed by atoms with Crippen molar-refractivity contribution in [2.75, 3.05) is 18.0 Å². The van der Waals surface area contributed by atoms with E-state index in [0.29, 0.717) is 6.04 Å². The second-order valence-electron chi connectivity index (χ2n) is 6.76. The Balaban J connectivity index is 2.11. The normalized spacial score (nSPS) is 20.2. The summed E-state index contributed by atoms with van der Waals surface area (Å²) in [5.41, 5.74) is 2.03. The second kappa shape index (κ2) is 6.04. The Kier molecular flexibility index (Phi) is 4.58. The Hall–Kier alpha value is -1.23. The summed E-state index contributed by atoms with van der Waals surface area (Å²) in [6.07, 6.45) is 3.69. The molecule has 20 heavy (non-hydrogen) atoms. The molecule has 0 saturated carbocycles. The van der Waals surface area contributed by atoms with E-state index in [1.807, 2.05) is 13.8 Å². The van der Waals surface area contributed by atoms with Crippen molar-refractivity contribution in [2.24, 2.45) is 0 Å². The molecule has 5 nitrogen and oxygen atoms in total. The molecule has 0 aromatic carbocycles. The Morgan fingerprint density at radius 3 is 2.55 bits per heavy atom. The van der Waals surface area contributed by atoms with E-state index in [1.165, 1.54) is 19.3 Å². The van der Waals surface area contributed by atoms with E-state index in [4.69, 9.17) is 0 Å².